The van der Waals surface area contributed by atoms with Gasteiger partial charge in [0.05, 0.1) is 27.8 Å². The molecule has 0 spiro atoms. The molecule has 0 aliphatic heterocycles. The van der Waals surface area contributed by atoms with Crippen molar-refractivity contribution >= 4 is 76.3 Å². The van der Waals surface area contributed by atoms with Crippen molar-refractivity contribution < 1.29 is 4.42 Å². The highest BCUT2D eigenvalue weighted by molar-refractivity contribution is 6.17. The predicted octanol–water partition coefficient (Wildman–Crippen LogP) is 14.3. The largest absolute Gasteiger partial charge is 0.454 e. The minimum absolute atomic E-state index is 0.899. The molecule has 9 aromatic carbocycles. The molecule has 0 atom stereocenters. The van der Waals surface area contributed by atoms with Crippen LogP contribution in [-0.4, -0.2) is 9.13 Å². The van der Waals surface area contributed by atoms with Crippen LogP contribution in [0.1, 0.15) is 0 Å². The van der Waals surface area contributed by atoms with E-state index < -0.39 is 0 Å². The molecule has 0 radical (unpaired) electrons. The summed E-state index contributed by atoms with van der Waals surface area (Å²) < 4.78 is 11.4. The fraction of sp³-hybridized carbons (Fsp3) is 0. The van der Waals surface area contributed by atoms with E-state index in [4.69, 9.17) is 4.42 Å². The summed E-state index contributed by atoms with van der Waals surface area (Å²) in [6, 6.07) is 70.3. The molecule has 0 N–H and O–H groups in total. The van der Waals surface area contributed by atoms with Gasteiger partial charge in [0.25, 0.3) is 0 Å². The van der Waals surface area contributed by atoms with Crippen LogP contribution in [0, 0.1) is 0 Å². The van der Waals surface area contributed by atoms with Gasteiger partial charge in [-0.3, -0.25) is 0 Å². The van der Waals surface area contributed by atoms with E-state index in [1.807, 2.05) is 6.07 Å². The van der Waals surface area contributed by atoms with Crippen LogP contribution in [0.15, 0.2) is 199 Å². The first-order valence-electron chi connectivity index (χ1n) is 18.8. The van der Waals surface area contributed by atoms with E-state index in [0.29, 0.717) is 0 Å². The molecule has 0 unspecified atom stereocenters. The van der Waals surface area contributed by atoms with Crippen LogP contribution in [0.3, 0.4) is 0 Å². The Kier molecular flexibility index (Phi) is 6.34. The zero-order chi connectivity index (χ0) is 36.0. The molecular formula is C52H32N2O. The summed E-state index contributed by atoms with van der Waals surface area (Å²) in [5, 5.41) is 9.63. The number of fused-ring (bicyclic) bond motifs is 10. The second kappa shape index (κ2) is 11.6. The molecule has 3 aromatic heterocycles. The second-order valence-electron chi connectivity index (χ2n) is 14.5. The van der Waals surface area contributed by atoms with Crippen molar-refractivity contribution in [1.82, 2.24) is 9.13 Å². The van der Waals surface area contributed by atoms with Crippen molar-refractivity contribution in [3.63, 3.8) is 0 Å². The van der Waals surface area contributed by atoms with E-state index in [0.717, 1.165) is 44.3 Å². The van der Waals surface area contributed by atoms with Gasteiger partial charge in [-0.1, -0.05) is 127 Å². The number of aromatic nitrogens is 2. The Morgan fingerprint density at radius 2 is 0.873 bits per heavy atom. The van der Waals surface area contributed by atoms with Gasteiger partial charge in [-0.15, -0.1) is 0 Å². The molecule has 55 heavy (non-hydrogen) atoms. The van der Waals surface area contributed by atoms with Crippen molar-refractivity contribution in [2.45, 2.75) is 0 Å². The number of hydrogen-bond acceptors (Lipinski definition) is 1. The maximum atomic E-state index is 6.60. The number of para-hydroxylation sites is 3. The van der Waals surface area contributed by atoms with Gasteiger partial charge in [0.1, 0.15) is 5.58 Å². The van der Waals surface area contributed by atoms with Crippen LogP contribution < -0.4 is 0 Å². The third-order valence-electron chi connectivity index (χ3n) is 11.5. The molecule has 3 heterocycles. The first-order valence-corrected chi connectivity index (χ1v) is 18.8. The highest BCUT2D eigenvalue weighted by atomic mass is 16.3. The van der Waals surface area contributed by atoms with E-state index in [2.05, 4.69) is 197 Å². The summed E-state index contributed by atoms with van der Waals surface area (Å²) in [6.07, 6.45) is 0. The summed E-state index contributed by atoms with van der Waals surface area (Å²) in [5.41, 5.74) is 13.5. The standard InChI is InChI=1S/C52H32N2O/c1-2-11-33(12-3-1)34-21-25-39(26-22-34)53-46-18-8-6-15-40(46)43-30-37(23-27-47(43)53)38-24-28-48-44(31-38)45-29-35-13-4-5-14-36(35)32-50(45)54(48)49-19-10-17-42-41-16-7-9-20-51(41)55-52(42)49/h1-32H. The number of rotatable bonds is 4. The van der Waals surface area contributed by atoms with Crippen LogP contribution in [-0.2, 0) is 0 Å². The minimum atomic E-state index is 0.899. The first-order chi connectivity index (χ1) is 27.3. The molecule has 0 saturated carbocycles. The molecule has 0 aliphatic carbocycles. The minimum Gasteiger partial charge on any atom is -0.454 e. The average Bonchev–Trinajstić information content (AvgIpc) is 3.90. The summed E-state index contributed by atoms with van der Waals surface area (Å²) in [5.74, 6) is 0. The van der Waals surface area contributed by atoms with Crippen molar-refractivity contribution in [1.29, 1.82) is 0 Å². The molecule has 256 valence electrons. The smallest absolute Gasteiger partial charge is 0.159 e. The van der Waals surface area contributed by atoms with Gasteiger partial charge in [-0.2, -0.15) is 0 Å². The topological polar surface area (TPSA) is 23.0 Å². The lowest BCUT2D eigenvalue weighted by Gasteiger charge is -2.10. The molecule has 0 bridgehead atoms. The summed E-state index contributed by atoms with van der Waals surface area (Å²) >= 11 is 0. The molecule has 3 heteroatoms. The SMILES string of the molecule is c1ccc(-c2ccc(-n3c4ccccc4c4cc(-c5ccc6c(c5)c5cc7ccccc7cc5n6-c5cccc6c5oc5ccccc56)ccc43)cc2)cc1. The van der Waals surface area contributed by atoms with Gasteiger partial charge >= 0.3 is 0 Å². The number of nitrogens with zero attached hydrogens (tertiary/aromatic N) is 2. The number of furan rings is 1. The summed E-state index contributed by atoms with van der Waals surface area (Å²) in [6.45, 7) is 0. The molecule has 0 saturated heterocycles. The molecular weight excluding hydrogens is 669 g/mol. The number of hydrogen-bond donors (Lipinski definition) is 0. The molecule has 12 aromatic rings. The maximum absolute atomic E-state index is 6.60. The van der Waals surface area contributed by atoms with E-state index in [1.165, 1.54) is 65.6 Å². The third kappa shape index (κ3) is 4.50. The van der Waals surface area contributed by atoms with Gasteiger partial charge in [0.2, 0.25) is 0 Å². The van der Waals surface area contributed by atoms with Crippen LogP contribution in [0.2, 0.25) is 0 Å². The molecule has 0 aliphatic rings. The van der Waals surface area contributed by atoms with Gasteiger partial charge < -0.3 is 13.6 Å². The quantitative estimate of drug-likeness (QED) is 0.179. The van der Waals surface area contributed by atoms with Crippen molar-refractivity contribution in [2.24, 2.45) is 0 Å². The Labute approximate surface area is 316 Å². The molecule has 0 amide bonds. The Morgan fingerprint density at radius 1 is 0.309 bits per heavy atom. The monoisotopic (exact) mass is 700 g/mol. The van der Waals surface area contributed by atoms with Crippen LogP contribution in [0.5, 0.6) is 0 Å². The third-order valence-corrected chi connectivity index (χ3v) is 11.5. The summed E-state index contributed by atoms with van der Waals surface area (Å²) in [7, 11) is 0. The highest BCUT2D eigenvalue weighted by Gasteiger charge is 2.20. The van der Waals surface area contributed by atoms with Crippen LogP contribution in [0.25, 0.3) is 110 Å². The number of benzene rings is 9. The molecule has 0 fully saturated rings. The molecule has 12 rings (SSSR count). The van der Waals surface area contributed by atoms with E-state index in [-0.39, 0.29) is 0 Å². The van der Waals surface area contributed by atoms with Crippen molar-refractivity contribution in [3.05, 3.63) is 194 Å². The maximum Gasteiger partial charge on any atom is 0.159 e. The van der Waals surface area contributed by atoms with E-state index in [9.17, 15) is 0 Å². The van der Waals surface area contributed by atoms with Gasteiger partial charge in [0.15, 0.2) is 5.58 Å². The van der Waals surface area contributed by atoms with Crippen LogP contribution in [0.4, 0.5) is 0 Å². The zero-order valence-electron chi connectivity index (χ0n) is 29.8. The predicted molar refractivity (Wildman–Crippen MR) is 231 cm³/mol. The van der Waals surface area contributed by atoms with Crippen molar-refractivity contribution in [2.75, 3.05) is 0 Å². The van der Waals surface area contributed by atoms with E-state index in [1.54, 1.807) is 0 Å². The van der Waals surface area contributed by atoms with E-state index >= 15 is 0 Å². The Morgan fingerprint density at radius 3 is 1.67 bits per heavy atom. The zero-order valence-corrected chi connectivity index (χ0v) is 29.8. The fourth-order valence-corrected chi connectivity index (χ4v) is 8.92. The average molecular weight is 701 g/mol. The lowest BCUT2D eigenvalue weighted by atomic mass is 10.00. The second-order valence-corrected chi connectivity index (χ2v) is 14.5. The first kappa shape index (κ1) is 30.1. The highest BCUT2D eigenvalue weighted by Crippen LogP contribution is 2.42. The Hall–Kier alpha value is -7.36. The van der Waals surface area contributed by atoms with Gasteiger partial charge in [0, 0.05) is 38.0 Å². The summed E-state index contributed by atoms with van der Waals surface area (Å²) in [4.78, 5) is 0. The van der Waals surface area contributed by atoms with Crippen LogP contribution >= 0.6 is 0 Å². The van der Waals surface area contributed by atoms with Crippen molar-refractivity contribution in [3.8, 4) is 33.6 Å². The lowest BCUT2D eigenvalue weighted by Crippen LogP contribution is -1.94. The lowest BCUT2D eigenvalue weighted by molar-refractivity contribution is 0.666. The van der Waals surface area contributed by atoms with Gasteiger partial charge in [-0.05, 0) is 99.8 Å². The fourth-order valence-electron chi connectivity index (χ4n) is 8.92. The Bertz CT molecular complexity index is 3470. The van der Waals surface area contributed by atoms with Gasteiger partial charge in [-0.25, -0.2) is 0 Å². The Balaban J connectivity index is 1.06. The normalized spacial score (nSPS) is 12.0. The molecule has 3 nitrogen and oxygen atoms in total.